The number of hydrogen-bond donors (Lipinski definition) is 1. The average Bonchev–Trinajstić information content (AvgIpc) is 2.31. The van der Waals surface area contributed by atoms with E-state index in [2.05, 4.69) is 11.8 Å². The van der Waals surface area contributed by atoms with Gasteiger partial charge in [0, 0.05) is 19.1 Å². The maximum atomic E-state index is 5.95. The lowest BCUT2D eigenvalue weighted by atomic mass is 9.86. The van der Waals surface area contributed by atoms with Gasteiger partial charge in [-0.3, -0.25) is 4.90 Å². The predicted octanol–water partition coefficient (Wildman–Crippen LogP) is 3.05. The van der Waals surface area contributed by atoms with Crippen LogP contribution < -0.4 is 5.73 Å². The summed E-state index contributed by atoms with van der Waals surface area (Å²) in [6, 6.07) is 0.663. The fraction of sp³-hybridized carbons (Fsp3) is 1.00. The molecule has 2 unspecified atom stereocenters. The summed E-state index contributed by atoms with van der Waals surface area (Å²) >= 11 is 0. The molecule has 1 saturated carbocycles. The SMILES string of the molecule is CC1CCCN(CC2CCCCC2)C1CN.Cl. The molecule has 3 heteroatoms. The number of hydrogen-bond acceptors (Lipinski definition) is 2. The fourth-order valence-corrected chi connectivity index (χ4v) is 3.64. The summed E-state index contributed by atoms with van der Waals surface area (Å²) in [6.07, 6.45) is 10.1. The highest BCUT2D eigenvalue weighted by molar-refractivity contribution is 5.85. The summed E-state index contributed by atoms with van der Waals surface area (Å²) in [4.78, 5) is 2.70. The quantitative estimate of drug-likeness (QED) is 0.845. The first-order valence-electron chi connectivity index (χ1n) is 7.25. The van der Waals surface area contributed by atoms with Crippen LogP contribution in [0.2, 0.25) is 0 Å². The molecule has 2 rings (SSSR count). The van der Waals surface area contributed by atoms with E-state index in [0.29, 0.717) is 6.04 Å². The van der Waals surface area contributed by atoms with E-state index >= 15 is 0 Å². The van der Waals surface area contributed by atoms with Gasteiger partial charge in [-0.1, -0.05) is 26.2 Å². The first-order chi connectivity index (χ1) is 7.81. The van der Waals surface area contributed by atoms with Gasteiger partial charge in [0.05, 0.1) is 0 Å². The summed E-state index contributed by atoms with van der Waals surface area (Å²) in [6.45, 7) is 5.85. The minimum absolute atomic E-state index is 0. The van der Waals surface area contributed by atoms with Gasteiger partial charge in [0.15, 0.2) is 0 Å². The van der Waals surface area contributed by atoms with Crippen molar-refractivity contribution in [2.75, 3.05) is 19.6 Å². The molecule has 1 aliphatic heterocycles. The topological polar surface area (TPSA) is 29.3 Å². The molecule has 1 aliphatic carbocycles. The lowest BCUT2D eigenvalue weighted by Gasteiger charge is -2.41. The summed E-state index contributed by atoms with van der Waals surface area (Å²) in [5, 5.41) is 0. The largest absolute Gasteiger partial charge is 0.329 e. The van der Waals surface area contributed by atoms with E-state index in [1.165, 1.54) is 58.0 Å². The Morgan fingerprint density at radius 2 is 1.76 bits per heavy atom. The number of likely N-dealkylation sites (tertiary alicyclic amines) is 1. The first-order valence-corrected chi connectivity index (χ1v) is 7.25. The average molecular weight is 261 g/mol. The summed E-state index contributed by atoms with van der Waals surface area (Å²) in [5.74, 6) is 1.77. The van der Waals surface area contributed by atoms with Gasteiger partial charge in [-0.05, 0) is 44.1 Å². The number of piperidine rings is 1. The molecule has 17 heavy (non-hydrogen) atoms. The predicted molar refractivity (Wildman–Crippen MR) is 76.6 cm³/mol. The van der Waals surface area contributed by atoms with Gasteiger partial charge in [-0.25, -0.2) is 0 Å². The van der Waals surface area contributed by atoms with Gasteiger partial charge >= 0.3 is 0 Å². The van der Waals surface area contributed by atoms with Crippen molar-refractivity contribution in [3.8, 4) is 0 Å². The molecule has 0 aromatic rings. The second-order valence-corrected chi connectivity index (χ2v) is 5.92. The molecule has 2 atom stereocenters. The molecule has 0 bridgehead atoms. The standard InChI is InChI=1S/C14H28N2.ClH/c1-12-6-5-9-16(14(12)10-15)11-13-7-3-2-4-8-13;/h12-14H,2-11,15H2,1H3;1H. The van der Waals surface area contributed by atoms with E-state index in [1.807, 2.05) is 0 Å². The van der Waals surface area contributed by atoms with E-state index in [-0.39, 0.29) is 12.4 Å². The molecule has 1 saturated heterocycles. The zero-order valence-electron chi connectivity index (χ0n) is 11.2. The second kappa shape index (κ2) is 7.60. The summed E-state index contributed by atoms with van der Waals surface area (Å²) < 4.78 is 0. The Morgan fingerprint density at radius 1 is 1.06 bits per heavy atom. The van der Waals surface area contributed by atoms with Crippen LogP contribution in [0.1, 0.15) is 51.9 Å². The zero-order valence-corrected chi connectivity index (χ0v) is 12.1. The number of halogens is 1. The van der Waals surface area contributed by atoms with Gasteiger partial charge < -0.3 is 5.73 Å². The Kier molecular flexibility index (Phi) is 6.83. The van der Waals surface area contributed by atoms with Crippen LogP contribution in [-0.2, 0) is 0 Å². The van der Waals surface area contributed by atoms with Crippen LogP contribution in [0.4, 0.5) is 0 Å². The molecule has 2 N–H and O–H groups in total. The van der Waals surface area contributed by atoms with Crippen LogP contribution in [0.25, 0.3) is 0 Å². The number of rotatable bonds is 3. The van der Waals surface area contributed by atoms with Crippen molar-refractivity contribution in [1.82, 2.24) is 4.90 Å². The van der Waals surface area contributed by atoms with E-state index in [0.717, 1.165) is 18.4 Å². The Hall–Kier alpha value is 0.210. The highest BCUT2D eigenvalue weighted by atomic mass is 35.5. The molecule has 0 radical (unpaired) electrons. The Balaban J connectivity index is 0.00000144. The third kappa shape index (κ3) is 4.11. The highest BCUT2D eigenvalue weighted by Crippen LogP contribution is 2.28. The van der Waals surface area contributed by atoms with Gasteiger partial charge in [-0.2, -0.15) is 0 Å². The van der Waals surface area contributed by atoms with Crippen LogP contribution in [-0.4, -0.2) is 30.6 Å². The number of nitrogens with two attached hydrogens (primary N) is 1. The molecule has 2 nitrogen and oxygen atoms in total. The molecule has 0 aromatic carbocycles. The molecule has 2 fully saturated rings. The summed E-state index contributed by atoms with van der Waals surface area (Å²) in [7, 11) is 0. The maximum Gasteiger partial charge on any atom is 0.0244 e. The van der Waals surface area contributed by atoms with Gasteiger partial charge in [0.25, 0.3) is 0 Å². The fourth-order valence-electron chi connectivity index (χ4n) is 3.64. The van der Waals surface area contributed by atoms with Crippen molar-refractivity contribution in [2.45, 2.75) is 57.9 Å². The third-order valence-corrected chi connectivity index (χ3v) is 4.69. The Morgan fingerprint density at radius 3 is 2.41 bits per heavy atom. The van der Waals surface area contributed by atoms with Crippen LogP contribution in [0.15, 0.2) is 0 Å². The lowest BCUT2D eigenvalue weighted by molar-refractivity contribution is 0.0806. The van der Waals surface area contributed by atoms with Crippen molar-refractivity contribution >= 4 is 12.4 Å². The minimum Gasteiger partial charge on any atom is -0.329 e. The van der Waals surface area contributed by atoms with Crippen molar-refractivity contribution in [2.24, 2.45) is 17.6 Å². The Labute approximate surface area is 113 Å². The smallest absolute Gasteiger partial charge is 0.0244 e. The summed E-state index contributed by atoms with van der Waals surface area (Å²) in [5.41, 5.74) is 5.95. The van der Waals surface area contributed by atoms with E-state index < -0.39 is 0 Å². The van der Waals surface area contributed by atoms with E-state index in [1.54, 1.807) is 0 Å². The van der Waals surface area contributed by atoms with Crippen molar-refractivity contribution in [1.29, 1.82) is 0 Å². The van der Waals surface area contributed by atoms with Crippen LogP contribution in [0, 0.1) is 11.8 Å². The van der Waals surface area contributed by atoms with Crippen LogP contribution in [0.5, 0.6) is 0 Å². The van der Waals surface area contributed by atoms with Crippen molar-refractivity contribution in [3.63, 3.8) is 0 Å². The highest BCUT2D eigenvalue weighted by Gasteiger charge is 2.29. The number of nitrogens with zero attached hydrogens (tertiary/aromatic N) is 1. The maximum absolute atomic E-state index is 5.95. The van der Waals surface area contributed by atoms with Crippen LogP contribution >= 0.6 is 12.4 Å². The van der Waals surface area contributed by atoms with Crippen LogP contribution in [0.3, 0.4) is 0 Å². The molecular weight excluding hydrogens is 232 g/mol. The van der Waals surface area contributed by atoms with Gasteiger partial charge in [-0.15, -0.1) is 12.4 Å². The zero-order chi connectivity index (χ0) is 11.4. The second-order valence-electron chi connectivity index (χ2n) is 5.92. The normalized spacial score (nSPS) is 32.1. The molecule has 1 heterocycles. The molecule has 0 aromatic heterocycles. The molecule has 0 spiro atoms. The lowest BCUT2D eigenvalue weighted by Crippen LogP contribution is -2.50. The minimum atomic E-state index is 0. The molecule has 0 amide bonds. The molecule has 2 aliphatic rings. The monoisotopic (exact) mass is 260 g/mol. The van der Waals surface area contributed by atoms with Gasteiger partial charge in [0.2, 0.25) is 0 Å². The van der Waals surface area contributed by atoms with Crippen molar-refractivity contribution < 1.29 is 0 Å². The third-order valence-electron chi connectivity index (χ3n) is 4.69. The van der Waals surface area contributed by atoms with E-state index in [4.69, 9.17) is 5.73 Å². The first kappa shape index (κ1) is 15.3. The molecule has 102 valence electrons. The van der Waals surface area contributed by atoms with Gasteiger partial charge in [0.1, 0.15) is 0 Å². The van der Waals surface area contributed by atoms with Crippen molar-refractivity contribution in [3.05, 3.63) is 0 Å². The molecular formula is C14H29ClN2. The van der Waals surface area contributed by atoms with E-state index in [9.17, 15) is 0 Å². The Bertz CT molecular complexity index is 204.